The van der Waals surface area contributed by atoms with Crippen LogP contribution in [0.1, 0.15) is 78.9 Å². The number of ether oxygens (including phenoxy) is 1. The maximum absolute atomic E-state index is 15.2. The molecule has 1 N–H and O–H groups in total. The molecule has 0 radical (unpaired) electrons. The van der Waals surface area contributed by atoms with Crippen molar-refractivity contribution in [1.29, 1.82) is 0 Å². The van der Waals surface area contributed by atoms with Crippen molar-refractivity contribution in [3.8, 4) is 5.75 Å². The van der Waals surface area contributed by atoms with E-state index in [9.17, 15) is 14.7 Å². The predicted molar refractivity (Wildman–Crippen MR) is 145 cm³/mol. The van der Waals surface area contributed by atoms with E-state index in [0.29, 0.717) is 41.8 Å². The van der Waals surface area contributed by atoms with E-state index >= 15 is 4.39 Å². The highest BCUT2D eigenvalue weighted by Crippen LogP contribution is 2.45. The zero-order valence-corrected chi connectivity index (χ0v) is 23.0. The second-order valence-electron chi connectivity index (χ2n) is 10.8. The Balaban J connectivity index is 1.28. The first-order chi connectivity index (χ1) is 18.2. The maximum atomic E-state index is 15.2. The minimum absolute atomic E-state index is 0.0646. The number of rotatable bonds is 8. The number of hydrogen-bond acceptors (Lipinski definition) is 4. The molecule has 1 saturated carbocycles. The van der Waals surface area contributed by atoms with Gasteiger partial charge in [0.2, 0.25) is 0 Å². The molecule has 3 aliphatic rings. The van der Waals surface area contributed by atoms with Crippen LogP contribution in [0.5, 0.6) is 5.75 Å². The highest BCUT2D eigenvalue weighted by atomic mass is 35.5. The van der Waals surface area contributed by atoms with Crippen LogP contribution in [-0.4, -0.2) is 59.1 Å². The number of hydrogen-bond donors (Lipinski definition) is 1. The van der Waals surface area contributed by atoms with E-state index in [2.05, 4.69) is 11.8 Å². The van der Waals surface area contributed by atoms with Crippen LogP contribution in [-0.2, 0) is 4.79 Å². The monoisotopic (exact) mass is 562 g/mol. The van der Waals surface area contributed by atoms with E-state index < -0.39 is 23.7 Å². The van der Waals surface area contributed by atoms with Crippen LogP contribution in [0.25, 0.3) is 0 Å². The van der Waals surface area contributed by atoms with Crippen molar-refractivity contribution in [1.82, 2.24) is 9.80 Å². The number of halogens is 3. The first-order valence-corrected chi connectivity index (χ1v) is 14.2. The van der Waals surface area contributed by atoms with Crippen LogP contribution >= 0.6 is 23.2 Å². The Morgan fingerprint density at radius 2 is 1.76 bits per heavy atom. The summed E-state index contributed by atoms with van der Waals surface area (Å²) in [5.74, 6) is -1.27. The molecule has 1 amide bonds. The number of carboxylic acid groups (broad SMARTS) is 1. The third-order valence-electron chi connectivity index (χ3n) is 8.09. The van der Waals surface area contributed by atoms with E-state index in [1.165, 1.54) is 11.0 Å². The second kappa shape index (κ2) is 11.4. The summed E-state index contributed by atoms with van der Waals surface area (Å²) in [6.45, 7) is 4.74. The Labute approximate surface area is 232 Å². The van der Waals surface area contributed by atoms with E-state index in [-0.39, 0.29) is 23.4 Å². The van der Waals surface area contributed by atoms with Gasteiger partial charge in [-0.3, -0.25) is 9.69 Å². The number of carbonyl (C=O) groups is 2. The average molecular weight is 563 g/mol. The van der Waals surface area contributed by atoms with E-state index in [1.54, 1.807) is 12.1 Å². The van der Waals surface area contributed by atoms with Crippen molar-refractivity contribution in [2.45, 2.75) is 63.5 Å². The van der Waals surface area contributed by atoms with Crippen LogP contribution < -0.4 is 4.74 Å². The van der Waals surface area contributed by atoms with E-state index in [0.717, 1.165) is 49.9 Å². The zero-order chi connectivity index (χ0) is 27.0. The molecule has 2 aromatic carbocycles. The zero-order valence-electron chi connectivity index (χ0n) is 21.5. The number of nitrogens with zero attached hydrogens (tertiary/aromatic N) is 2. The lowest BCUT2D eigenvalue weighted by Crippen LogP contribution is -2.40. The molecule has 2 aromatic rings. The molecule has 0 unspecified atom stereocenters. The SMILES string of the molecule is C[C@H](c1cc(Cl)cc(Cl)c1)N1CCC[C@H](COc2cc(F)c(C(=O)N3CCC[C@H]3C(=O)O)cc2C2CC2)C1. The molecule has 9 heteroatoms. The van der Waals surface area contributed by atoms with E-state index in [4.69, 9.17) is 27.9 Å². The van der Waals surface area contributed by atoms with Crippen LogP contribution in [0.3, 0.4) is 0 Å². The van der Waals surface area contributed by atoms with E-state index in [1.807, 2.05) is 12.1 Å². The second-order valence-corrected chi connectivity index (χ2v) is 11.7. The fourth-order valence-electron chi connectivity index (χ4n) is 5.82. The van der Waals surface area contributed by atoms with Crippen molar-refractivity contribution in [2.24, 2.45) is 5.92 Å². The van der Waals surface area contributed by atoms with Gasteiger partial charge in [0.25, 0.3) is 5.91 Å². The molecule has 0 aromatic heterocycles. The lowest BCUT2D eigenvalue weighted by atomic mass is 9.95. The summed E-state index contributed by atoms with van der Waals surface area (Å²) >= 11 is 12.4. The highest BCUT2D eigenvalue weighted by molar-refractivity contribution is 6.34. The van der Waals surface area contributed by atoms with Gasteiger partial charge in [-0.15, -0.1) is 0 Å². The van der Waals surface area contributed by atoms with Gasteiger partial charge < -0.3 is 14.7 Å². The number of amides is 1. The average Bonchev–Trinajstić information content (AvgIpc) is 3.60. The van der Waals surface area contributed by atoms with Gasteiger partial charge in [0.1, 0.15) is 17.6 Å². The number of aliphatic carboxylic acids is 1. The lowest BCUT2D eigenvalue weighted by molar-refractivity contribution is -0.141. The van der Waals surface area contributed by atoms with Gasteiger partial charge >= 0.3 is 5.97 Å². The van der Waals surface area contributed by atoms with Gasteiger partial charge in [0.05, 0.1) is 12.2 Å². The molecule has 1 aliphatic carbocycles. The lowest BCUT2D eigenvalue weighted by Gasteiger charge is -2.37. The number of carbonyl (C=O) groups excluding carboxylic acids is 1. The Morgan fingerprint density at radius 1 is 1.05 bits per heavy atom. The summed E-state index contributed by atoms with van der Waals surface area (Å²) in [6.07, 6.45) is 4.97. The van der Waals surface area contributed by atoms with Gasteiger partial charge in [-0.05, 0) is 93.3 Å². The predicted octanol–water partition coefficient (Wildman–Crippen LogP) is 6.55. The number of carboxylic acids is 1. The Bertz CT molecular complexity index is 1200. The summed E-state index contributed by atoms with van der Waals surface area (Å²) in [6, 6.07) is 7.81. The van der Waals surface area contributed by atoms with Crippen LogP contribution in [0.2, 0.25) is 10.0 Å². The molecule has 38 heavy (non-hydrogen) atoms. The van der Waals surface area contributed by atoms with Gasteiger partial charge in [-0.1, -0.05) is 23.2 Å². The molecule has 6 nitrogen and oxygen atoms in total. The van der Waals surface area contributed by atoms with Crippen LogP contribution in [0, 0.1) is 11.7 Å². The van der Waals surface area contributed by atoms with Gasteiger partial charge in [0.15, 0.2) is 0 Å². The molecule has 3 fully saturated rings. The normalized spacial score (nSPS) is 22.9. The summed E-state index contributed by atoms with van der Waals surface area (Å²) in [7, 11) is 0. The highest BCUT2D eigenvalue weighted by Gasteiger charge is 2.37. The van der Waals surface area contributed by atoms with Crippen molar-refractivity contribution >= 4 is 35.1 Å². The maximum Gasteiger partial charge on any atom is 0.326 e. The van der Waals surface area contributed by atoms with Crippen molar-refractivity contribution in [3.05, 3.63) is 62.9 Å². The minimum Gasteiger partial charge on any atom is -0.493 e. The summed E-state index contributed by atoms with van der Waals surface area (Å²) in [5, 5.41) is 10.7. The molecule has 0 spiro atoms. The molecule has 2 aliphatic heterocycles. The smallest absolute Gasteiger partial charge is 0.326 e. The molecular formula is C29H33Cl2FN2O4. The van der Waals surface area contributed by atoms with Gasteiger partial charge in [-0.25, -0.2) is 9.18 Å². The Hall–Kier alpha value is -2.35. The van der Waals surface area contributed by atoms with Gasteiger partial charge in [0, 0.05) is 41.2 Å². The summed E-state index contributed by atoms with van der Waals surface area (Å²) < 4.78 is 21.5. The number of piperidine rings is 1. The molecule has 204 valence electrons. The van der Waals surface area contributed by atoms with Crippen molar-refractivity contribution in [2.75, 3.05) is 26.2 Å². The van der Waals surface area contributed by atoms with Crippen LogP contribution in [0.15, 0.2) is 30.3 Å². The van der Waals surface area contributed by atoms with Crippen LogP contribution in [0.4, 0.5) is 4.39 Å². The Kier molecular flexibility index (Phi) is 8.17. The topological polar surface area (TPSA) is 70.1 Å². The molecular weight excluding hydrogens is 530 g/mol. The number of benzene rings is 2. The largest absolute Gasteiger partial charge is 0.493 e. The quantitative estimate of drug-likeness (QED) is 0.395. The first kappa shape index (κ1) is 27.2. The standard InChI is InChI=1S/C29H33Cl2FN2O4/c1-17(20-10-21(30)12-22(31)11-20)33-8-2-4-18(15-33)16-38-27-14-25(32)24(13-23(27)19-6-7-19)28(35)34-9-3-5-26(34)29(36)37/h10-14,17-19,26H,2-9,15-16H2,1H3,(H,36,37)/t17-,18+,26+/m1/s1. The van der Waals surface area contributed by atoms with Crippen molar-refractivity contribution < 1.29 is 23.8 Å². The van der Waals surface area contributed by atoms with Crippen molar-refractivity contribution in [3.63, 3.8) is 0 Å². The number of likely N-dealkylation sites (tertiary alicyclic amines) is 2. The molecule has 2 heterocycles. The molecule has 5 rings (SSSR count). The molecule has 3 atom stereocenters. The minimum atomic E-state index is -1.05. The first-order valence-electron chi connectivity index (χ1n) is 13.4. The molecule has 0 bridgehead atoms. The fraction of sp³-hybridized carbons (Fsp3) is 0.517. The fourth-order valence-corrected chi connectivity index (χ4v) is 6.36. The summed E-state index contributed by atoms with van der Waals surface area (Å²) in [5.41, 5.74) is 1.85. The van der Waals surface area contributed by atoms with Gasteiger partial charge in [-0.2, -0.15) is 0 Å². The molecule has 2 saturated heterocycles. The Morgan fingerprint density at radius 3 is 2.45 bits per heavy atom. The third-order valence-corrected chi connectivity index (χ3v) is 8.52. The third kappa shape index (κ3) is 5.95. The summed E-state index contributed by atoms with van der Waals surface area (Å²) in [4.78, 5) is 28.4.